The molecule has 1 aliphatic rings. The Balaban J connectivity index is 1.69. The monoisotopic (exact) mass is 452 g/mol. The van der Waals surface area contributed by atoms with Gasteiger partial charge >= 0.3 is 0 Å². The van der Waals surface area contributed by atoms with E-state index in [9.17, 15) is 4.79 Å². The van der Waals surface area contributed by atoms with Gasteiger partial charge in [0.05, 0.1) is 25.4 Å². The van der Waals surface area contributed by atoms with Crippen LogP contribution in [0.15, 0.2) is 23.0 Å². The molecule has 2 heterocycles. The number of hydrogen-bond acceptors (Lipinski definition) is 5. The van der Waals surface area contributed by atoms with Crippen molar-refractivity contribution in [2.75, 3.05) is 14.2 Å². The zero-order valence-corrected chi connectivity index (χ0v) is 20.5. The zero-order chi connectivity index (χ0) is 23.5. The molecule has 2 aromatic heterocycles. The van der Waals surface area contributed by atoms with Gasteiger partial charge in [-0.1, -0.05) is 19.3 Å². The molecule has 1 saturated carbocycles. The lowest BCUT2D eigenvalue weighted by Gasteiger charge is -2.24. The van der Waals surface area contributed by atoms with Crippen molar-refractivity contribution in [2.45, 2.75) is 65.6 Å². The van der Waals surface area contributed by atoms with Crippen molar-refractivity contribution in [1.82, 2.24) is 19.7 Å². The number of nitrogens with one attached hydrogen (secondary N) is 1. The van der Waals surface area contributed by atoms with Gasteiger partial charge in [0.15, 0.2) is 11.5 Å². The first-order chi connectivity index (χ1) is 15.9. The first-order valence-electron chi connectivity index (χ1n) is 11.9. The minimum Gasteiger partial charge on any atom is -0.493 e. The molecule has 0 amide bonds. The van der Waals surface area contributed by atoms with Gasteiger partial charge in [-0.2, -0.15) is 5.10 Å². The van der Waals surface area contributed by atoms with Crippen LogP contribution in [0.3, 0.4) is 0 Å². The van der Waals surface area contributed by atoms with E-state index in [-0.39, 0.29) is 5.56 Å². The third kappa shape index (κ3) is 4.78. The highest BCUT2D eigenvalue weighted by atomic mass is 16.5. The van der Waals surface area contributed by atoms with E-state index in [4.69, 9.17) is 9.47 Å². The summed E-state index contributed by atoms with van der Waals surface area (Å²) in [4.78, 5) is 13.6. The van der Waals surface area contributed by atoms with E-state index in [2.05, 4.69) is 17.3 Å². The molecular weight excluding hydrogens is 416 g/mol. The van der Waals surface area contributed by atoms with Gasteiger partial charge in [-0.25, -0.2) is 0 Å². The molecule has 3 aromatic rings. The molecule has 1 fully saturated rings. The van der Waals surface area contributed by atoms with Crippen molar-refractivity contribution in [1.29, 1.82) is 0 Å². The predicted molar refractivity (Wildman–Crippen MR) is 131 cm³/mol. The molecular formula is C26H36N4O3. The molecule has 1 N–H and O–H groups in total. The van der Waals surface area contributed by atoms with Crippen LogP contribution in [0.5, 0.6) is 11.5 Å². The van der Waals surface area contributed by atoms with Gasteiger partial charge in [0.1, 0.15) is 0 Å². The molecule has 0 bridgehead atoms. The molecule has 0 saturated heterocycles. The summed E-state index contributed by atoms with van der Waals surface area (Å²) < 4.78 is 14.9. The van der Waals surface area contributed by atoms with Crippen molar-refractivity contribution < 1.29 is 9.47 Å². The SMILES string of the molecule is COc1cc2cc(CNCc3c(C)nn(C)c3C)c(=O)n(CC3CCCCC3)c2cc1OC. The Kier molecular flexibility index (Phi) is 7.08. The second kappa shape index (κ2) is 10.00. The van der Waals surface area contributed by atoms with E-state index in [1.807, 2.05) is 41.4 Å². The van der Waals surface area contributed by atoms with Crippen LogP contribution in [0.4, 0.5) is 0 Å². The highest BCUT2D eigenvalue weighted by Crippen LogP contribution is 2.33. The predicted octanol–water partition coefficient (Wildman–Crippen LogP) is 4.24. The molecule has 1 aliphatic carbocycles. The van der Waals surface area contributed by atoms with Crippen LogP contribution in [-0.4, -0.2) is 28.6 Å². The molecule has 7 heteroatoms. The fourth-order valence-corrected chi connectivity index (χ4v) is 5.10. The van der Waals surface area contributed by atoms with Gasteiger partial charge in [0, 0.05) is 55.0 Å². The van der Waals surface area contributed by atoms with Crippen molar-refractivity contribution in [3.8, 4) is 11.5 Å². The number of fused-ring (bicyclic) bond motifs is 1. The summed E-state index contributed by atoms with van der Waals surface area (Å²) in [5.41, 5.74) is 5.10. The molecule has 178 valence electrons. The maximum Gasteiger partial charge on any atom is 0.255 e. The number of pyridine rings is 1. The summed E-state index contributed by atoms with van der Waals surface area (Å²) in [5.74, 6) is 1.86. The third-order valence-corrected chi connectivity index (χ3v) is 7.11. The topological polar surface area (TPSA) is 70.3 Å². The smallest absolute Gasteiger partial charge is 0.255 e. The maximum atomic E-state index is 13.6. The van der Waals surface area contributed by atoms with Crippen LogP contribution < -0.4 is 20.3 Å². The number of methoxy groups -OCH3 is 2. The normalized spacial score (nSPS) is 14.7. The van der Waals surface area contributed by atoms with Gasteiger partial charge < -0.3 is 19.4 Å². The number of rotatable bonds is 8. The molecule has 7 nitrogen and oxygen atoms in total. The van der Waals surface area contributed by atoms with Crippen LogP contribution in [0.2, 0.25) is 0 Å². The van der Waals surface area contributed by atoms with E-state index in [1.165, 1.54) is 37.7 Å². The van der Waals surface area contributed by atoms with Crippen molar-refractivity contribution in [3.05, 3.63) is 51.1 Å². The van der Waals surface area contributed by atoms with Crippen LogP contribution in [0, 0.1) is 19.8 Å². The van der Waals surface area contributed by atoms with Crippen LogP contribution in [-0.2, 0) is 26.7 Å². The summed E-state index contributed by atoms with van der Waals surface area (Å²) in [6.45, 7) is 6.03. The minimum atomic E-state index is 0.0763. The summed E-state index contributed by atoms with van der Waals surface area (Å²) in [5, 5.41) is 8.97. The van der Waals surface area contributed by atoms with Gasteiger partial charge in [0.2, 0.25) is 0 Å². The Labute approximate surface area is 195 Å². The fourth-order valence-electron chi connectivity index (χ4n) is 5.10. The molecule has 33 heavy (non-hydrogen) atoms. The first-order valence-corrected chi connectivity index (χ1v) is 11.9. The number of aromatic nitrogens is 3. The summed E-state index contributed by atoms with van der Waals surface area (Å²) in [7, 11) is 5.23. The van der Waals surface area contributed by atoms with Crippen LogP contribution in [0.25, 0.3) is 10.9 Å². The Morgan fingerprint density at radius 2 is 1.73 bits per heavy atom. The first kappa shape index (κ1) is 23.4. The Morgan fingerprint density at radius 1 is 1.03 bits per heavy atom. The van der Waals surface area contributed by atoms with Crippen molar-refractivity contribution in [3.63, 3.8) is 0 Å². The zero-order valence-electron chi connectivity index (χ0n) is 20.5. The number of hydrogen-bond donors (Lipinski definition) is 1. The second-order valence-electron chi connectivity index (χ2n) is 9.23. The van der Waals surface area contributed by atoms with Crippen molar-refractivity contribution in [2.24, 2.45) is 13.0 Å². The molecule has 0 radical (unpaired) electrons. The van der Waals surface area contributed by atoms with Crippen LogP contribution in [0.1, 0.15) is 54.6 Å². The Bertz CT molecular complexity index is 1190. The highest BCUT2D eigenvalue weighted by molar-refractivity contribution is 5.83. The number of benzene rings is 1. The van der Waals surface area contributed by atoms with Gasteiger partial charge in [-0.15, -0.1) is 0 Å². The number of aryl methyl sites for hydroxylation is 2. The van der Waals surface area contributed by atoms with E-state index < -0.39 is 0 Å². The van der Waals surface area contributed by atoms with Crippen molar-refractivity contribution >= 4 is 10.9 Å². The van der Waals surface area contributed by atoms with E-state index >= 15 is 0 Å². The Hall–Kier alpha value is -2.80. The molecule has 0 unspecified atom stereocenters. The molecule has 1 aromatic carbocycles. The standard InChI is InChI=1S/C26H36N4O3/c1-17-22(18(2)29(3)28-17)15-27-14-21-11-20-12-24(32-4)25(33-5)13-23(20)30(26(21)31)16-19-9-7-6-8-10-19/h11-13,19,27H,6-10,14-16H2,1-5H3. The quantitative estimate of drug-likeness (QED) is 0.554. The van der Waals surface area contributed by atoms with E-state index in [0.29, 0.717) is 30.5 Å². The summed E-state index contributed by atoms with van der Waals surface area (Å²) in [6.07, 6.45) is 6.17. The van der Waals surface area contributed by atoms with E-state index in [1.54, 1.807) is 14.2 Å². The highest BCUT2D eigenvalue weighted by Gasteiger charge is 2.19. The summed E-state index contributed by atoms with van der Waals surface area (Å²) in [6, 6.07) is 5.91. The average molecular weight is 453 g/mol. The molecule has 0 atom stereocenters. The van der Waals surface area contributed by atoms with Gasteiger partial charge in [0.25, 0.3) is 5.56 Å². The van der Waals surface area contributed by atoms with Gasteiger partial charge in [-0.3, -0.25) is 9.48 Å². The number of nitrogens with zero attached hydrogens (tertiary/aromatic N) is 3. The number of ether oxygens (including phenoxy) is 2. The second-order valence-corrected chi connectivity index (χ2v) is 9.23. The van der Waals surface area contributed by atoms with Gasteiger partial charge in [-0.05, 0) is 44.7 Å². The average Bonchev–Trinajstić information content (AvgIpc) is 3.07. The van der Waals surface area contributed by atoms with E-state index in [0.717, 1.165) is 34.4 Å². The van der Waals surface area contributed by atoms with Crippen LogP contribution >= 0.6 is 0 Å². The lowest BCUT2D eigenvalue weighted by Crippen LogP contribution is -2.30. The maximum absolute atomic E-state index is 13.6. The largest absolute Gasteiger partial charge is 0.493 e. The summed E-state index contributed by atoms with van der Waals surface area (Å²) >= 11 is 0. The third-order valence-electron chi connectivity index (χ3n) is 7.11. The molecule has 0 aliphatic heterocycles. The molecule has 0 spiro atoms. The fraction of sp³-hybridized carbons (Fsp3) is 0.538. The lowest BCUT2D eigenvalue weighted by atomic mass is 9.89. The minimum absolute atomic E-state index is 0.0763. The Morgan fingerprint density at radius 3 is 2.36 bits per heavy atom. The molecule has 4 rings (SSSR count). The lowest BCUT2D eigenvalue weighted by molar-refractivity contribution is 0.319.